The topological polar surface area (TPSA) is 89.4 Å². The van der Waals surface area contributed by atoms with Crippen LogP contribution in [0.3, 0.4) is 0 Å². The third-order valence-corrected chi connectivity index (χ3v) is 3.23. The van der Waals surface area contributed by atoms with Gasteiger partial charge in [0.05, 0.1) is 19.3 Å². The van der Waals surface area contributed by atoms with Gasteiger partial charge in [0, 0.05) is 7.11 Å². The zero-order valence-corrected chi connectivity index (χ0v) is 10.8. The summed E-state index contributed by atoms with van der Waals surface area (Å²) in [7, 11) is 1.52. The Balaban J connectivity index is 2.13. The Bertz CT molecular complexity index is 287. The second-order valence-electron chi connectivity index (χ2n) is 5.04. The van der Waals surface area contributed by atoms with E-state index in [0.29, 0.717) is 0 Å². The van der Waals surface area contributed by atoms with Crippen molar-refractivity contribution >= 4 is 0 Å². The zero-order valence-electron chi connectivity index (χ0n) is 10.8. The molecule has 7 nitrogen and oxygen atoms in total. The van der Waals surface area contributed by atoms with Crippen LogP contribution in [-0.2, 0) is 19.0 Å². The quantitative estimate of drug-likeness (QED) is 0.588. The lowest BCUT2D eigenvalue weighted by atomic mass is 9.96. The highest BCUT2D eigenvalue weighted by molar-refractivity contribution is 4.96. The summed E-state index contributed by atoms with van der Waals surface area (Å²) in [6.45, 7) is 3.53. The first-order chi connectivity index (χ1) is 8.48. The molecule has 106 valence electrons. The number of ether oxygens (including phenoxy) is 3. The van der Waals surface area contributed by atoms with Gasteiger partial charge in [-0.2, -0.15) is 5.48 Å². The molecule has 5 atom stereocenters. The maximum Gasteiger partial charge on any atom is 0.163 e. The largest absolute Gasteiger partial charge is 0.394 e. The van der Waals surface area contributed by atoms with Crippen LogP contribution in [0.15, 0.2) is 0 Å². The fourth-order valence-corrected chi connectivity index (χ4v) is 2.50. The Morgan fingerprint density at radius 3 is 2.72 bits per heavy atom. The molecule has 18 heavy (non-hydrogen) atoms. The summed E-state index contributed by atoms with van der Waals surface area (Å²) in [6.07, 6.45) is -2.16. The average Bonchev–Trinajstić information content (AvgIpc) is 2.64. The molecule has 2 heterocycles. The first-order valence-corrected chi connectivity index (χ1v) is 6.03. The van der Waals surface area contributed by atoms with Gasteiger partial charge in [-0.15, -0.1) is 0 Å². The van der Waals surface area contributed by atoms with Crippen LogP contribution < -0.4 is 5.48 Å². The summed E-state index contributed by atoms with van der Waals surface area (Å²) in [4.78, 5) is 5.10. The van der Waals surface area contributed by atoms with Crippen LogP contribution >= 0.6 is 0 Å². The summed E-state index contributed by atoms with van der Waals surface area (Å²) < 4.78 is 16.6. The second kappa shape index (κ2) is 5.38. The van der Waals surface area contributed by atoms with Crippen molar-refractivity contribution < 1.29 is 29.3 Å². The van der Waals surface area contributed by atoms with Gasteiger partial charge >= 0.3 is 0 Å². The molecule has 0 saturated carbocycles. The first-order valence-electron chi connectivity index (χ1n) is 6.03. The summed E-state index contributed by atoms with van der Waals surface area (Å²) in [5.41, 5.74) is 2.79. The van der Waals surface area contributed by atoms with Crippen molar-refractivity contribution in [2.75, 3.05) is 20.3 Å². The minimum absolute atomic E-state index is 0.149. The Morgan fingerprint density at radius 2 is 2.11 bits per heavy atom. The third kappa shape index (κ3) is 2.67. The molecule has 3 N–H and O–H groups in total. The molecular formula is C11H21NO6. The van der Waals surface area contributed by atoms with Crippen molar-refractivity contribution in [1.82, 2.24) is 5.48 Å². The van der Waals surface area contributed by atoms with Crippen LogP contribution in [-0.4, -0.2) is 66.8 Å². The van der Waals surface area contributed by atoms with Gasteiger partial charge in [0.1, 0.15) is 24.4 Å². The maximum atomic E-state index is 9.84. The molecule has 0 aromatic carbocycles. The molecule has 2 rings (SSSR count). The minimum atomic E-state index is -0.777. The van der Waals surface area contributed by atoms with E-state index >= 15 is 0 Å². The van der Waals surface area contributed by atoms with E-state index in [4.69, 9.17) is 19.0 Å². The predicted octanol–water partition coefficient (Wildman–Crippen LogP) is -1.22. The molecule has 0 radical (unpaired) electrons. The van der Waals surface area contributed by atoms with Gasteiger partial charge < -0.3 is 24.4 Å². The fraction of sp³-hybridized carbons (Fsp3) is 1.00. The molecule has 7 heteroatoms. The number of nitrogens with one attached hydrogen (secondary N) is 1. The molecule has 0 unspecified atom stereocenters. The van der Waals surface area contributed by atoms with Crippen LogP contribution in [0.25, 0.3) is 0 Å². The summed E-state index contributed by atoms with van der Waals surface area (Å²) >= 11 is 0. The highest BCUT2D eigenvalue weighted by atomic mass is 16.8. The number of rotatable bonds is 3. The zero-order chi connectivity index (χ0) is 13.3. The smallest absolute Gasteiger partial charge is 0.163 e. The van der Waals surface area contributed by atoms with Crippen molar-refractivity contribution in [2.24, 2.45) is 0 Å². The molecule has 0 amide bonds. The SMILES string of the molecule is CO[C@H]1[C@@H]([C@H]2OC(C)(C)O[C@H]2CO)NOC[C@@H]1O. The molecular weight excluding hydrogens is 242 g/mol. The Kier molecular flexibility index (Phi) is 4.22. The van der Waals surface area contributed by atoms with E-state index in [1.807, 2.05) is 0 Å². The van der Waals surface area contributed by atoms with E-state index in [1.165, 1.54) is 7.11 Å². The lowest BCUT2D eigenvalue weighted by molar-refractivity contribution is -0.195. The van der Waals surface area contributed by atoms with Gasteiger partial charge in [0.15, 0.2) is 5.79 Å². The normalized spacial score (nSPS) is 44.2. The third-order valence-electron chi connectivity index (χ3n) is 3.23. The number of aliphatic hydroxyl groups excluding tert-OH is 2. The number of methoxy groups -OCH3 is 1. The van der Waals surface area contributed by atoms with E-state index in [1.54, 1.807) is 13.8 Å². The molecule has 0 spiro atoms. The lowest BCUT2D eigenvalue weighted by Crippen LogP contribution is -2.61. The monoisotopic (exact) mass is 263 g/mol. The molecule has 2 aliphatic rings. The highest BCUT2D eigenvalue weighted by Gasteiger charge is 2.50. The van der Waals surface area contributed by atoms with Crippen LogP contribution in [0.4, 0.5) is 0 Å². The van der Waals surface area contributed by atoms with Crippen molar-refractivity contribution in [3.05, 3.63) is 0 Å². The minimum Gasteiger partial charge on any atom is -0.394 e. The maximum absolute atomic E-state index is 9.84. The van der Waals surface area contributed by atoms with E-state index < -0.39 is 36.2 Å². The Hall–Kier alpha value is -0.280. The van der Waals surface area contributed by atoms with Crippen molar-refractivity contribution in [2.45, 2.75) is 50.1 Å². The van der Waals surface area contributed by atoms with E-state index in [2.05, 4.69) is 5.48 Å². The number of aliphatic hydroxyl groups is 2. The number of hydrogen-bond acceptors (Lipinski definition) is 7. The van der Waals surface area contributed by atoms with Gasteiger partial charge in [0.2, 0.25) is 0 Å². The Morgan fingerprint density at radius 1 is 1.39 bits per heavy atom. The van der Waals surface area contributed by atoms with E-state index in [0.717, 1.165) is 0 Å². The predicted molar refractivity (Wildman–Crippen MR) is 60.6 cm³/mol. The Labute approximate surface area is 106 Å². The molecule has 2 saturated heterocycles. The molecule has 0 aliphatic carbocycles. The van der Waals surface area contributed by atoms with Crippen molar-refractivity contribution in [3.63, 3.8) is 0 Å². The van der Waals surface area contributed by atoms with Crippen molar-refractivity contribution in [1.29, 1.82) is 0 Å². The average molecular weight is 263 g/mol. The van der Waals surface area contributed by atoms with Gasteiger partial charge in [-0.25, -0.2) is 0 Å². The van der Waals surface area contributed by atoms with Crippen LogP contribution in [0.5, 0.6) is 0 Å². The van der Waals surface area contributed by atoms with E-state index in [9.17, 15) is 10.2 Å². The molecule has 2 aliphatic heterocycles. The fourth-order valence-electron chi connectivity index (χ4n) is 2.50. The molecule has 2 fully saturated rings. The molecule has 0 aromatic heterocycles. The standard InChI is InChI=1S/C11H21NO6/c1-11(2)17-7(4-13)10(18-11)8-9(15-3)6(14)5-16-12-8/h6-10,12-14H,4-5H2,1-3H3/t6-,7-,8-,9+,10-/m0/s1. The molecule has 0 bridgehead atoms. The number of hydroxylamine groups is 1. The van der Waals surface area contributed by atoms with Crippen LogP contribution in [0.2, 0.25) is 0 Å². The van der Waals surface area contributed by atoms with Crippen LogP contribution in [0.1, 0.15) is 13.8 Å². The van der Waals surface area contributed by atoms with E-state index in [-0.39, 0.29) is 13.2 Å². The van der Waals surface area contributed by atoms with Gasteiger partial charge in [-0.05, 0) is 13.8 Å². The molecule has 0 aromatic rings. The second-order valence-corrected chi connectivity index (χ2v) is 5.04. The van der Waals surface area contributed by atoms with Gasteiger partial charge in [0.25, 0.3) is 0 Å². The van der Waals surface area contributed by atoms with Gasteiger partial charge in [-0.1, -0.05) is 0 Å². The van der Waals surface area contributed by atoms with Crippen molar-refractivity contribution in [3.8, 4) is 0 Å². The lowest BCUT2D eigenvalue weighted by Gasteiger charge is -2.38. The highest BCUT2D eigenvalue weighted by Crippen LogP contribution is 2.32. The summed E-state index contributed by atoms with van der Waals surface area (Å²) in [5, 5.41) is 19.2. The number of hydrogen-bond donors (Lipinski definition) is 3. The van der Waals surface area contributed by atoms with Crippen LogP contribution in [0, 0.1) is 0 Å². The van der Waals surface area contributed by atoms with Gasteiger partial charge in [-0.3, -0.25) is 4.84 Å². The summed E-state index contributed by atoms with van der Waals surface area (Å²) in [6, 6.07) is -0.405. The summed E-state index contributed by atoms with van der Waals surface area (Å²) in [5.74, 6) is -0.777. The first kappa shape index (κ1) is 14.1.